The van der Waals surface area contributed by atoms with Gasteiger partial charge in [-0.2, -0.15) is 0 Å². The number of aryl methyl sites for hydroxylation is 1. The Labute approximate surface area is 91.4 Å². The Morgan fingerprint density at radius 2 is 2.00 bits per heavy atom. The molecule has 1 saturated heterocycles. The molecule has 1 heterocycles. The van der Waals surface area contributed by atoms with Crippen molar-refractivity contribution < 1.29 is 0 Å². The van der Waals surface area contributed by atoms with Gasteiger partial charge in [-0.25, -0.2) is 0 Å². The molecule has 2 nitrogen and oxygen atoms in total. The van der Waals surface area contributed by atoms with Crippen molar-refractivity contribution in [1.82, 2.24) is 4.90 Å². The maximum atomic E-state index is 7.71. The lowest BCUT2D eigenvalue weighted by Crippen LogP contribution is -2.25. The van der Waals surface area contributed by atoms with E-state index in [-0.39, 0.29) is 0 Å². The van der Waals surface area contributed by atoms with Gasteiger partial charge >= 0.3 is 0 Å². The van der Waals surface area contributed by atoms with Crippen molar-refractivity contribution in [3.63, 3.8) is 0 Å². The molecule has 2 heteroatoms. The molecule has 0 bridgehead atoms. The zero-order valence-corrected chi connectivity index (χ0v) is 9.08. The number of nitrogens with zero attached hydrogens (tertiary/aromatic N) is 1. The second-order valence-electron chi connectivity index (χ2n) is 4.13. The van der Waals surface area contributed by atoms with E-state index in [0.717, 1.165) is 38.2 Å². The van der Waals surface area contributed by atoms with Crippen LogP contribution in [0.2, 0.25) is 0 Å². The third kappa shape index (κ3) is 2.82. The Bertz CT molecular complexity index is 319. The summed E-state index contributed by atoms with van der Waals surface area (Å²) in [6, 6.07) is 10.6. The molecule has 0 aliphatic carbocycles. The first-order valence-corrected chi connectivity index (χ1v) is 5.72. The Balaban J connectivity index is 1.73. The van der Waals surface area contributed by atoms with E-state index < -0.39 is 0 Å². The van der Waals surface area contributed by atoms with E-state index in [2.05, 4.69) is 35.2 Å². The molecular formula is C13H18N2. The molecule has 1 N–H and O–H groups in total. The molecule has 0 radical (unpaired) electrons. The highest BCUT2D eigenvalue weighted by atomic mass is 15.2. The average molecular weight is 202 g/mol. The summed E-state index contributed by atoms with van der Waals surface area (Å²) in [5, 5.41) is 7.71. The predicted molar refractivity (Wildman–Crippen MR) is 63.3 cm³/mol. The Morgan fingerprint density at radius 1 is 1.20 bits per heavy atom. The summed E-state index contributed by atoms with van der Waals surface area (Å²) in [7, 11) is 0. The van der Waals surface area contributed by atoms with Crippen LogP contribution < -0.4 is 0 Å². The van der Waals surface area contributed by atoms with Crippen LogP contribution in [0.3, 0.4) is 0 Å². The van der Waals surface area contributed by atoms with Crippen molar-refractivity contribution in [3.05, 3.63) is 35.9 Å². The number of likely N-dealkylation sites (tertiary alicyclic amines) is 1. The maximum Gasteiger partial charge on any atom is 0.0958 e. The monoisotopic (exact) mass is 202 g/mol. The van der Waals surface area contributed by atoms with E-state index in [1.165, 1.54) is 12.0 Å². The van der Waals surface area contributed by atoms with Gasteiger partial charge in [-0.05, 0) is 24.8 Å². The van der Waals surface area contributed by atoms with Crippen molar-refractivity contribution in [3.8, 4) is 0 Å². The van der Waals surface area contributed by atoms with E-state index in [1.807, 2.05) is 0 Å². The average Bonchev–Trinajstić information content (AvgIpc) is 2.66. The van der Waals surface area contributed by atoms with Crippen molar-refractivity contribution in [2.24, 2.45) is 0 Å². The second kappa shape index (κ2) is 4.96. The molecule has 1 aromatic carbocycles. The van der Waals surface area contributed by atoms with Gasteiger partial charge < -0.3 is 4.90 Å². The summed E-state index contributed by atoms with van der Waals surface area (Å²) in [6.45, 7) is 2.14. The minimum atomic E-state index is 0.836. The van der Waals surface area contributed by atoms with Gasteiger partial charge in [0.1, 0.15) is 0 Å². The van der Waals surface area contributed by atoms with Crippen LogP contribution in [-0.4, -0.2) is 23.8 Å². The number of hydrogen-bond acceptors (Lipinski definition) is 1. The molecule has 1 aliphatic heterocycles. The van der Waals surface area contributed by atoms with Crippen molar-refractivity contribution in [1.29, 1.82) is 5.41 Å². The Kier molecular flexibility index (Phi) is 3.38. The van der Waals surface area contributed by atoms with Crippen LogP contribution in [0.25, 0.3) is 0 Å². The zero-order valence-electron chi connectivity index (χ0n) is 9.08. The predicted octanol–water partition coefficient (Wildman–Crippen LogP) is 2.69. The smallest absolute Gasteiger partial charge is 0.0958 e. The molecule has 0 amide bonds. The van der Waals surface area contributed by atoms with E-state index in [4.69, 9.17) is 5.41 Å². The van der Waals surface area contributed by atoms with Crippen LogP contribution in [0.1, 0.15) is 24.8 Å². The summed E-state index contributed by atoms with van der Waals surface area (Å²) in [4.78, 5) is 2.21. The number of nitrogens with one attached hydrogen (secondary N) is 1. The largest absolute Gasteiger partial charge is 0.361 e. The van der Waals surface area contributed by atoms with Gasteiger partial charge in [0.15, 0.2) is 0 Å². The number of amidine groups is 1. The molecule has 1 aromatic rings. The highest BCUT2D eigenvalue weighted by molar-refractivity contribution is 5.80. The summed E-state index contributed by atoms with van der Waals surface area (Å²) in [6.07, 6.45) is 4.44. The topological polar surface area (TPSA) is 27.1 Å². The maximum absolute atomic E-state index is 7.71. The molecule has 0 aromatic heterocycles. The number of benzene rings is 1. The molecule has 0 saturated carbocycles. The lowest BCUT2D eigenvalue weighted by molar-refractivity contribution is 0.440. The SMILES string of the molecule is N=C1CCCN1CCCc1ccccc1. The van der Waals surface area contributed by atoms with Crippen LogP contribution in [0, 0.1) is 5.41 Å². The third-order valence-corrected chi connectivity index (χ3v) is 2.96. The van der Waals surface area contributed by atoms with E-state index in [9.17, 15) is 0 Å². The number of hydrogen-bond donors (Lipinski definition) is 1. The van der Waals surface area contributed by atoms with Crippen LogP contribution in [0.4, 0.5) is 0 Å². The normalized spacial score (nSPS) is 16.0. The zero-order chi connectivity index (χ0) is 10.5. The van der Waals surface area contributed by atoms with E-state index in [1.54, 1.807) is 0 Å². The number of rotatable bonds is 4. The minimum absolute atomic E-state index is 0.836. The molecular weight excluding hydrogens is 184 g/mol. The van der Waals surface area contributed by atoms with Crippen LogP contribution in [-0.2, 0) is 6.42 Å². The van der Waals surface area contributed by atoms with Gasteiger partial charge in [0.25, 0.3) is 0 Å². The first kappa shape index (κ1) is 10.2. The molecule has 0 unspecified atom stereocenters. The van der Waals surface area contributed by atoms with Gasteiger partial charge in [-0.3, -0.25) is 5.41 Å². The van der Waals surface area contributed by atoms with Gasteiger partial charge in [-0.1, -0.05) is 30.3 Å². The lowest BCUT2D eigenvalue weighted by Gasteiger charge is -2.17. The Morgan fingerprint density at radius 3 is 2.67 bits per heavy atom. The first-order valence-electron chi connectivity index (χ1n) is 5.72. The van der Waals surface area contributed by atoms with Crippen LogP contribution in [0.5, 0.6) is 0 Å². The van der Waals surface area contributed by atoms with Gasteiger partial charge in [0.05, 0.1) is 5.84 Å². The fraction of sp³-hybridized carbons (Fsp3) is 0.462. The minimum Gasteiger partial charge on any atom is -0.361 e. The van der Waals surface area contributed by atoms with Crippen molar-refractivity contribution >= 4 is 5.84 Å². The lowest BCUT2D eigenvalue weighted by atomic mass is 10.1. The summed E-state index contributed by atoms with van der Waals surface area (Å²) in [5.41, 5.74) is 1.41. The highest BCUT2D eigenvalue weighted by Gasteiger charge is 2.15. The van der Waals surface area contributed by atoms with Gasteiger partial charge in [0, 0.05) is 19.5 Å². The molecule has 0 spiro atoms. The van der Waals surface area contributed by atoms with Crippen LogP contribution in [0.15, 0.2) is 30.3 Å². The molecule has 80 valence electrons. The summed E-state index contributed by atoms with van der Waals surface area (Å²) >= 11 is 0. The third-order valence-electron chi connectivity index (χ3n) is 2.96. The molecule has 0 atom stereocenters. The summed E-state index contributed by atoms with van der Waals surface area (Å²) < 4.78 is 0. The molecule has 15 heavy (non-hydrogen) atoms. The Hall–Kier alpha value is -1.31. The molecule has 1 aliphatic rings. The quantitative estimate of drug-likeness (QED) is 0.798. The van der Waals surface area contributed by atoms with Crippen LogP contribution >= 0.6 is 0 Å². The highest BCUT2D eigenvalue weighted by Crippen LogP contribution is 2.11. The molecule has 2 rings (SSSR count). The van der Waals surface area contributed by atoms with Crippen molar-refractivity contribution in [2.75, 3.05) is 13.1 Å². The standard InChI is InChI=1S/C13H18N2/c14-13-9-5-11-15(13)10-4-8-12-6-2-1-3-7-12/h1-3,6-7,14H,4-5,8-11H2. The fourth-order valence-corrected chi connectivity index (χ4v) is 2.10. The fourth-order valence-electron chi connectivity index (χ4n) is 2.10. The van der Waals surface area contributed by atoms with E-state index in [0.29, 0.717) is 0 Å². The first-order chi connectivity index (χ1) is 7.36. The molecule has 1 fully saturated rings. The second-order valence-corrected chi connectivity index (χ2v) is 4.13. The summed E-state index contributed by atoms with van der Waals surface area (Å²) in [5.74, 6) is 0.836. The van der Waals surface area contributed by atoms with E-state index >= 15 is 0 Å². The van der Waals surface area contributed by atoms with Gasteiger partial charge in [0.2, 0.25) is 0 Å². The van der Waals surface area contributed by atoms with Crippen molar-refractivity contribution in [2.45, 2.75) is 25.7 Å². The van der Waals surface area contributed by atoms with Gasteiger partial charge in [-0.15, -0.1) is 0 Å².